The van der Waals surface area contributed by atoms with Crippen molar-refractivity contribution in [1.29, 1.82) is 0 Å². The van der Waals surface area contributed by atoms with Crippen LogP contribution in [0, 0.1) is 0 Å². The van der Waals surface area contributed by atoms with Crippen molar-refractivity contribution in [1.82, 2.24) is 9.21 Å². The van der Waals surface area contributed by atoms with E-state index in [1.165, 1.54) is 10.4 Å². The van der Waals surface area contributed by atoms with E-state index in [1.54, 1.807) is 61.9 Å². The molecule has 11 heteroatoms. The molecule has 1 saturated heterocycles. The number of hydrogen-bond acceptors (Lipinski definition) is 8. The zero-order valence-electron chi connectivity index (χ0n) is 25.3. The first-order valence-electron chi connectivity index (χ1n) is 14.9. The maximum absolute atomic E-state index is 14.3. The summed E-state index contributed by atoms with van der Waals surface area (Å²) in [5, 5.41) is 12.9. The van der Waals surface area contributed by atoms with E-state index in [2.05, 4.69) is 0 Å². The van der Waals surface area contributed by atoms with E-state index in [1.807, 2.05) is 37.2 Å². The maximum Gasteiger partial charge on any atom is 0.246 e. The number of amides is 1. The zero-order valence-corrected chi connectivity index (χ0v) is 26.1. The molecule has 3 heterocycles. The summed E-state index contributed by atoms with van der Waals surface area (Å²) in [7, 11) is 3.14. The van der Waals surface area contributed by atoms with Gasteiger partial charge in [-0.15, -0.1) is 0 Å². The molecule has 1 spiro atoms. The number of carbonyl (C=O) groups is 1. The zero-order chi connectivity index (χ0) is 31.0. The summed E-state index contributed by atoms with van der Waals surface area (Å²) < 4.78 is 47.7. The summed E-state index contributed by atoms with van der Waals surface area (Å²) in [4.78, 5) is 17.2. The number of anilines is 1. The quantitative estimate of drug-likeness (QED) is 0.401. The van der Waals surface area contributed by atoms with Crippen LogP contribution in [0.1, 0.15) is 36.0 Å². The van der Waals surface area contributed by atoms with Crippen LogP contribution in [-0.4, -0.2) is 87.2 Å². The Hall–Kier alpha value is -3.80. The predicted octanol–water partition coefficient (Wildman–Crippen LogP) is 3.44. The van der Waals surface area contributed by atoms with Crippen LogP contribution in [0.25, 0.3) is 6.08 Å². The van der Waals surface area contributed by atoms with Crippen molar-refractivity contribution in [2.24, 2.45) is 0 Å². The summed E-state index contributed by atoms with van der Waals surface area (Å²) in [5.41, 5.74) is 1.06. The molecule has 2 fully saturated rings. The molecule has 5 atom stereocenters. The highest BCUT2D eigenvalue weighted by atomic mass is 32.2. The van der Waals surface area contributed by atoms with Gasteiger partial charge >= 0.3 is 0 Å². The molecule has 1 aromatic heterocycles. The minimum Gasteiger partial charge on any atom is -0.493 e. The van der Waals surface area contributed by atoms with Crippen molar-refractivity contribution in [2.75, 3.05) is 39.7 Å². The van der Waals surface area contributed by atoms with Crippen LogP contribution in [0.5, 0.6) is 11.5 Å². The van der Waals surface area contributed by atoms with E-state index >= 15 is 0 Å². The molecule has 1 saturated carbocycles. The van der Waals surface area contributed by atoms with Crippen LogP contribution in [0.4, 0.5) is 5.69 Å². The monoisotopic (exact) mass is 619 g/mol. The Morgan fingerprint density at radius 1 is 1.16 bits per heavy atom. The standard InChI is InChI=1S/C33H37N3O7S/c1-34(2)23-6-5-7-24(19-23)44(39,40)36-16-15-32-29-22-9-10-26(41-4)30(29)43-31(32)25(12-14-33(32,38)27(36)18-22)35(3)28(37)11-8-21-13-17-42-20-21/h5-11,13,17,19-20,25,27,31,38H,12,14-16,18H2,1-4H3/b11-8+/t25-,27-,31+,32?,33-/m1/s1. The van der Waals surface area contributed by atoms with E-state index in [-0.39, 0.29) is 23.4 Å². The topological polar surface area (TPSA) is 113 Å². The number of carbonyl (C=O) groups excluding carboxylic acids is 1. The highest BCUT2D eigenvalue weighted by Crippen LogP contribution is 2.66. The average Bonchev–Trinajstić information content (AvgIpc) is 3.65. The Morgan fingerprint density at radius 2 is 1.98 bits per heavy atom. The van der Waals surface area contributed by atoms with Gasteiger partial charge in [0.2, 0.25) is 15.9 Å². The second-order valence-corrected chi connectivity index (χ2v) is 14.4. The second kappa shape index (κ2) is 10.1. The van der Waals surface area contributed by atoms with Gasteiger partial charge in [0.1, 0.15) is 6.10 Å². The number of nitrogens with zero attached hydrogens (tertiary/aromatic N) is 3. The predicted molar refractivity (Wildman–Crippen MR) is 164 cm³/mol. The Labute approximate surface area is 257 Å². The molecule has 2 bridgehead atoms. The molecule has 2 aromatic carbocycles. The van der Waals surface area contributed by atoms with Crippen molar-refractivity contribution < 1.29 is 32.2 Å². The lowest BCUT2D eigenvalue weighted by molar-refractivity contribution is -0.186. The van der Waals surface area contributed by atoms with Gasteiger partial charge in [0, 0.05) is 50.6 Å². The maximum atomic E-state index is 14.3. The number of piperidine rings is 1. The summed E-state index contributed by atoms with van der Waals surface area (Å²) in [6, 6.07) is 11.4. The lowest BCUT2D eigenvalue weighted by Gasteiger charge is -2.64. The number of benzene rings is 2. The van der Waals surface area contributed by atoms with Crippen LogP contribution in [0.15, 0.2) is 70.4 Å². The van der Waals surface area contributed by atoms with Crippen LogP contribution >= 0.6 is 0 Å². The third-order valence-corrected chi connectivity index (χ3v) is 12.2. The van der Waals surface area contributed by atoms with E-state index in [9.17, 15) is 18.3 Å². The molecule has 1 amide bonds. The van der Waals surface area contributed by atoms with Crippen molar-refractivity contribution >= 4 is 27.7 Å². The molecular formula is C33H37N3O7S. The first-order chi connectivity index (χ1) is 21.0. The van der Waals surface area contributed by atoms with Crippen LogP contribution in [0.3, 0.4) is 0 Å². The number of aliphatic hydroxyl groups is 1. The van der Waals surface area contributed by atoms with Gasteiger partial charge in [0.25, 0.3) is 0 Å². The van der Waals surface area contributed by atoms with E-state index < -0.39 is 33.2 Å². The highest BCUT2D eigenvalue weighted by molar-refractivity contribution is 7.89. The Bertz CT molecular complexity index is 1750. The number of furan rings is 1. The smallest absolute Gasteiger partial charge is 0.246 e. The van der Waals surface area contributed by atoms with Gasteiger partial charge < -0.3 is 28.8 Å². The van der Waals surface area contributed by atoms with Crippen LogP contribution in [-0.2, 0) is 26.7 Å². The minimum absolute atomic E-state index is 0.196. The average molecular weight is 620 g/mol. The molecule has 4 aliphatic rings. The summed E-state index contributed by atoms with van der Waals surface area (Å²) in [5.74, 6) is 0.956. The molecule has 232 valence electrons. The fourth-order valence-electron chi connectivity index (χ4n) is 8.19. The minimum atomic E-state index is -3.95. The molecule has 2 aliphatic carbocycles. The first-order valence-corrected chi connectivity index (χ1v) is 16.3. The molecule has 3 aromatic rings. The van der Waals surface area contributed by atoms with Crippen LogP contribution < -0.4 is 14.4 Å². The summed E-state index contributed by atoms with van der Waals surface area (Å²) in [6.45, 7) is 0.211. The number of ether oxygens (including phenoxy) is 2. The normalized spacial score (nSPS) is 28.8. The van der Waals surface area contributed by atoms with Crippen LogP contribution in [0.2, 0.25) is 0 Å². The van der Waals surface area contributed by atoms with Crippen molar-refractivity contribution in [3.05, 3.63) is 77.8 Å². The van der Waals surface area contributed by atoms with E-state index in [0.717, 1.165) is 22.4 Å². The molecule has 1 N–H and O–H groups in total. The summed E-state index contributed by atoms with van der Waals surface area (Å²) >= 11 is 0. The molecule has 2 aliphatic heterocycles. The number of methoxy groups -OCH3 is 1. The molecule has 1 unspecified atom stereocenters. The lowest BCUT2D eigenvalue weighted by Crippen LogP contribution is -2.78. The fraction of sp³-hybridized carbons (Fsp3) is 0.424. The molecule has 10 nitrogen and oxygen atoms in total. The number of likely N-dealkylation sites (N-methyl/N-ethyl adjacent to an activating group) is 1. The second-order valence-electron chi connectivity index (χ2n) is 12.5. The van der Waals surface area contributed by atoms with Crippen molar-refractivity contribution in [2.45, 2.75) is 59.8 Å². The number of rotatable bonds is 7. The molecule has 44 heavy (non-hydrogen) atoms. The largest absolute Gasteiger partial charge is 0.493 e. The molecule has 0 radical (unpaired) electrons. The van der Waals surface area contributed by atoms with Crippen molar-refractivity contribution in [3.63, 3.8) is 0 Å². The molecular weight excluding hydrogens is 582 g/mol. The van der Waals surface area contributed by atoms with E-state index in [0.29, 0.717) is 37.2 Å². The Morgan fingerprint density at radius 3 is 2.70 bits per heavy atom. The lowest BCUT2D eigenvalue weighted by atomic mass is 9.48. The SMILES string of the molecule is COc1ccc2c3c1O[C@H]1[C@H](N(C)C(=O)/C=C/c4ccoc4)CC[C@@]4(O)[C@@H](C2)N(S(=O)(=O)c2cccc(N(C)C)c2)CCC314. The third kappa shape index (κ3) is 3.92. The third-order valence-electron chi connectivity index (χ3n) is 10.3. The van der Waals surface area contributed by atoms with Gasteiger partial charge in [-0.2, -0.15) is 4.31 Å². The van der Waals surface area contributed by atoms with Gasteiger partial charge in [0.05, 0.1) is 47.6 Å². The molecule has 7 rings (SSSR count). The van der Waals surface area contributed by atoms with Gasteiger partial charge in [-0.05, 0) is 67.7 Å². The van der Waals surface area contributed by atoms with E-state index in [4.69, 9.17) is 13.9 Å². The summed E-state index contributed by atoms with van der Waals surface area (Å²) in [6.07, 6.45) is 7.18. The van der Waals surface area contributed by atoms with Gasteiger partial charge in [-0.25, -0.2) is 8.42 Å². The Balaban J connectivity index is 1.31. The van der Waals surface area contributed by atoms with Gasteiger partial charge in [-0.3, -0.25) is 4.79 Å². The first kappa shape index (κ1) is 28.9. The Kier molecular flexibility index (Phi) is 6.65. The highest BCUT2D eigenvalue weighted by Gasteiger charge is 2.74. The number of sulfonamides is 1. The van der Waals surface area contributed by atoms with Gasteiger partial charge in [0.15, 0.2) is 11.5 Å². The van der Waals surface area contributed by atoms with Crippen molar-refractivity contribution in [3.8, 4) is 11.5 Å². The van der Waals surface area contributed by atoms with Gasteiger partial charge in [-0.1, -0.05) is 12.1 Å². The fourth-order valence-corrected chi connectivity index (χ4v) is 9.90. The number of hydrogen-bond donors (Lipinski definition) is 1.